The molecule has 0 radical (unpaired) electrons. The molecular weight excluding hydrogens is 350 g/mol. The summed E-state index contributed by atoms with van der Waals surface area (Å²) in [6.07, 6.45) is 1.91. The summed E-state index contributed by atoms with van der Waals surface area (Å²) >= 11 is 6.01. The van der Waals surface area contributed by atoms with Gasteiger partial charge in [0.05, 0.1) is 7.11 Å². The largest absolute Gasteiger partial charge is 0.504 e. The van der Waals surface area contributed by atoms with Crippen molar-refractivity contribution < 1.29 is 14.6 Å². The minimum Gasteiger partial charge on any atom is -0.504 e. The number of nitrogens with zero attached hydrogens (tertiary/aromatic N) is 1. The maximum atomic E-state index is 13.0. The van der Waals surface area contributed by atoms with Crippen molar-refractivity contribution in [2.24, 2.45) is 5.92 Å². The molecule has 2 aromatic rings. The molecule has 26 heavy (non-hydrogen) atoms. The number of carbonyl (C=O) groups excluding carboxylic acids is 1. The van der Waals surface area contributed by atoms with Gasteiger partial charge in [-0.1, -0.05) is 17.7 Å². The number of methoxy groups -OCH3 is 1. The van der Waals surface area contributed by atoms with E-state index in [1.807, 2.05) is 31.2 Å². The molecular formula is C21H24ClNO3. The standard InChI is InChI=1S/C21H24ClNO3/c1-14-10-17(22)6-7-18(14)21(25)16-4-3-9-23(13-16)12-15-5-8-19(24)20(11-15)26-2/h5-8,10-11,16,24H,3-4,9,12-13H2,1-2H3/t16-/m0/s1. The van der Waals surface area contributed by atoms with Gasteiger partial charge in [0.15, 0.2) is 17.3 Å². The molecule has 1 heterocycles. The molecule has 1 aliphatic heterocycles. The summed E-state index contributed by atoms with van der Waals surface area (Å²) in [5, 5.41) is 10.4. The van der Waals surface area contributed by atoms with E-state index in [4.69, 9.17) is 16.3 Å². The Labute approximate surface area is 159 Å². The summed E-state index contributed by atoms with van der Waals surface area (Å²) in [7, 11) is 1.54. The van der Waals surface area contributed by atoms with Gasteiger partial charge in [-0.3, -0.25) is 9.69 Å². The van der Waals surface area contributed by atoms with Crippen LogP contribution in [0.5, 0.6) is 11.5 Å². The Hall–Kier alpha value is -2.04. The molecule has 0 spiro atoms. The molecule has 138 valence electrons. The van der Waals surface area contributed by atoms with Gasteiger partial charge in [-0.25, -0.2) is 0 Å². The average molecular weight is 374 g/mol. The zero-order valence-electron chi connectivity index (χ0n) is 15.2. The summed E-state index contributed by atoms with van der Waals surface area (Å²) in [6.45, 7) is 4.37. The van der Waals surface area contributed by atoms with Crippen molar-refractivity contribution in [3.8, 4) is 11.5 Å². The number of phenolic OH excluding ortho intramolecular Hbond substituents is 1. The zero-order chi connectivity index (χ0) is 18.7. The number of benzene rings is 2. The fourth-order valence-electron chi connectivity index (χ4n) is 3.62. The predicted molar refractivity (Wildman–Crippen MR) is 103 cm³/mol. The smallest absolute Gasteiger partial charge is 0.167 e. The Balaban J connectivity index is 1.70. The summed E-state index contributed by atoms with van der Waals surface area (Å²) in [4.78, 5) is 15.2. The number of aryl methyl sites for hydroxylation is 1. The molecule has 0 aromatic heterocycles. The van der Waals surface area contributed by atoms with E-state index in [1.165, 1.54) is 0 Å². The zero-order valence-corrected chi connectivity index (χ0v) is 15.9. The molecule has 0 unspecified atom stereocenters. The van der Waals surface area contributed by atoms with E-state index in [2.05, 4.69) is 4.90 Å². The van der Waals surface area contributed by atoms with Crippen molar-refractivity contribution in [2.75, 3.05) is 20.2 Å². The molecule has 1 fully saturated rings. The highest BCUT2D eigenvalue weighted by Crippen LogP contribution is 2.29. The van der Waals surface area contributed by atoms with Crippen LogP contribution in [0.1, 0.15) is 34.3 Å². The number of halogens is 1. The summed E-state index contributed by atoms with van der Waals surface area (Å²) in [5.74, 6) is 0.819. The molecule has 2 aromatic carbocycles. The third kappa shape index (κ3) is 4.19. The van der Waals surface area contributed by atoms with E-state index in [0.717, 1.165) is 49.2 Å². The second-order valence-corrected chi connectivity index (χ2v) is 7.34. The second-order valence-electron chi connectivity index (χ2n) is 6.90. The number of ether oxygens (including phenoxy) is 1. The van der Waals surface area contributed by atoms with Crippen LogP contribution in [0.3, 0.4) is 0 Å². The number of Topliss-reactive ketones (excluding diaryl/α,β-unsaturated/α-hetero) is 1. The summed E-state index contributed by atoms with van der Waals surface area (Å²) in [5.41, 5.74) is 2.77. The van der Waals surface area contributed by atoms with Crippen molar-refractivity contribution >= 4 is 17.4 Å². The van der Waals surface area contributed by atoms with E-state index in [-0.39, 0.29) is 17.5 Å². The molecule has 0 aliphatic carbocycles. The van der Waals surface area contributed by atoms with Crippen molar-refractivity contribution in [1.82, 2.24) is 4.90 Å². The normalized spacial score (nSPS) is 17.9. The SMILES string of the molecule is COc1cc(CN2CCC[C@H](C(=O)c3ccc(Cl)cc3C)C2)ccc1O. The maximum Gasteiger partial charge on any atom is 0.167 e. The lowest BCUT2D eigenvalue weighted by Gasteiger charge is -2.32. The number of ketones is 1. The number of rotatable bonds is 5. The number of hydrogen-bond donors (Lipinski definition) is 1. The average Bonchev–Trinajstić information content (AvgIpc) is 2.63. The van der Waals surface area contributed by atoms with Gasteiger partial charge < -0.3 is 9.84 Å². The number of aromatic hydroxyl groups is 1. The Morgan fingerprint density at radius 3 is 2.85 bits per heavy atom. The molecule has 3 rings (SSSR count). The molecule has 1 saturated heterocycles. The number of carbonyl (C=O) groups is 1. The van der Waals surface area contributed by atoms with Gasteiger partial charge in [-0.15, -0.1) is 0 Å². The fourth-order valence-corrected chi connectivity index (χ4v) is 3.84. The summed E-state index contributed by atoms with van der Waals surface area (Å²) in [6, 6.07) is 10.9. The third-order valence-corrected chi connectivity index (χ3v) is 5.22. The van der Waals surface area contributed by atoms with E-state index in [9.17, 15) is 9.90 Å². The Kier molecular flexibility index (Phi) is 5.84. The highest BCUT2D eigenvalue weighted by atomic mass is 35.5. The first-order valence-corrected chi connectivity index (χ1v) is 9.24. The molecule has 0 saturated carbocycles. The Morgan fingerprint density at radius 1 is 1.31 bits per heavy atom. The first-order valence-electron chi connectivity index (χ1n) is 8.86. The molecule has 1 aliphatic rings. The quantitative estimate of drug-likeness (QED) is 0.786. The predicted octanol–water partition coefficient (Wildman–Crippen LogP) is 4.46. The van der Waals surface area contributed by atoms with Crippen LogP contribution in [-0.2, 0) is 6.54 Å². The van der Waals surface area contributed by atoms with Crippen LogP contribution in [0.25, 0.3) is 0 Å². The van der Waals surface area contributed by atoms with E-state index < -0.39 is 0 Å². The van der Waals surface area contributed by atoms with Crippen LogP contribution < -0.4 is 4.74 Å². The molecule has 4 nitrogen and oxygen atoms in total. The molecule has 0 bridgehead atoms. The van der Waals surface area contributed by atoms with Crippen LogP contribution in [0.15, 0.2) is 36.4 Å². The first-order chi connectivity index (χ1) is 12.5. The highest BCUT2D eigenvalue weighted by Gasteiger charge is 2.27. The minimum atomic E-state index is 0.00244. The van der Waals surface area contributed by atoms with Crippen LogP contribution in [0, 0.1) is 12.8 Å². The number of likely N-dealkylation sites (tertiary alicyclic amines) is 1. The van der Waals surface area contributed by atoms with Gasteiger partial charge in [0.25, 0.3) is 0 Å². The van der Waals surface area contributed by atoms with Gasteiger partial charge in [-0.05, 0) is 67.8 Å². The molecule has 1 N–H and O–H groups in total. The minimum absolute atomic E-state index is 0.00244. The molecule has 0 amide bonds. The van der Waals surface area contributed by atoms with Crippen molar-refractivity contribution in [3.05, 3.63) is 58.1 Å². The fraction of sp³-hybridized carbons (Fsp3) is 0.381. The lowest BCUT2D eigenvalue weighted by atomic mass is 9.88. The van der Waals surface area contributed by atoms with E-state index in [0.29, 0.717) is 10.8 Å². The van der Waals surface area contributed by atoms with Crippen LogP contribution in [0.4, 0.5) is 0 Å². The Morgan fingerprint density at radius 2 is 2.12 bits per heavy atom. The van der Waals surface area contributed by atoms with E-state index >= 15 is 0 Å². The van der Waals surface area contributed by atoms with Gasteiger partial charge in [0.2, 0.25) is 0 Å². The van der Waals surface area contributed by atoms with Gasteiger partial charge >= 0.3 is 0 Å². The number of piperidine rings is 1. The highest BCUT2D eigenvalue weighted by molar-refractivity contribution is 6.30. The monoisotopic (exact) mass is 373 g/mol. The van der Waals surface area contributed by atoms with Crippen LogP contribution in [0.2, 0.25) is 5.02 Å². The number of hydrogen-bond acceptors (Lipinski definition) is 4. The van der Waals surface area contributed by atoms with Gasteiger partial charge in [-0.2, -0.15) is 0 Å². The first kappa shape index (κ1) is 18.7. The van der Waals surface area contributed by atoms with Gasteiger partial charge in [0, 0.05) is 29.6 Å². The van der Waals surface area contributed by atoms with Gasteiger partial charge in [0.1, 0.15) is 0 Å². The van der Waals surface area contributed by atoms with Crippen molar-refractivity contribution in [1.29, 1.82) is 0 Å². The van der Waals surface area contributed by atoms with Crippen LogP contribution >= 0.6 is 11.6 Å². The topological polar surface area (TPSA) is 49.8 Å². The van der Waals surface area contributed by atoms with E-state index in [1.54, 1.807) is 19.2 Å². The van der Waals surface area contributed by atoms with Crippen molar-refractivity contribution in [2.45, 2.75) is 26.3 Å². The van der Waals surface area contributed by atoms with Crippen molar-refractivity contribution in [3.63, 3.8) is 0 Å². The maximum absolute atomic E-state index is 13.0. The Bertz CT molecular complexity index is 806. The number of phenols is 1. The lowest BCUT2D eigenvalue weighted by molar-refractivity contribution is 0.0811. The van der Waals surface area contributed by atoms with Crippen LogP contribution in [-0.4, -0.2) is 36.0 Å². The molecule has 5 heteroatoms. The third-order valence-electron chi connectivity index (χ3n) is 4.98. The second kappa shape index (κ2) is 8.11. The molecule has 1 atom stereocenters. The summed E-state index contributed by atoms with van der Waals surface area (Å²) < 4.78 is 5.18. The lowest BCUT2D eigenvalue weighted by Crippen LogP contribution is -2.38.